The molecule has 0 amide bonds. The fourth-order valence-corrected chi connectivity index (χ4v) is 3.46. The Morgan fingerprint density at radius 1 is 1.15 bits per heavy atom. The van der Waals surface area contributed by atoms with E-state index in [0.717, 1.165) is 15.3 Å². The minimum atomic E-state index is -0.400. The van der Waals surface area contributed by atoms with Crippen LogP contribution in [-0.4, -0.2) is 25.9 Å². The summed E-state index contributed by atoms with van der Waals surface area (Å²) < 4.78 is 14.0. The number of ketones is 1. The van der Waals surface area contributed by atoms with Gasteiger partial charge in [-0.2, -0.15) is 5.10 Å². The molecule has 3 aromatic heterocycles. The number of nitrogens with one attached hydrogen (secondary N) is 2. The third-order valence-corrected chi connectivity index (χ3v) is 4.80. The Morgan fingerprint density at radius 3 is 2.62 bits per heavy atom. The third kappa shape index (κ3) is 3.06. The second-order valence-corrected chi connectivity index (χ2v) is 7.12. The molecule has 0 saturated carbocycles. The van der Waals surface area contributed by atoms with Crippen LogP contribution in [0.2, 0.25) is 0 Å². The molecule has 2 N–H and O–H groups in total. The molecular weight excluding hydrogens is 353 g/mol. The maximum Gasteiger partial charge on any atom is 0.230 e. The smallest absolute Gasteiger partial charge is 0.230 e. The van der Waals surface area contributed by atoms with Gasteiger partial charge in [-0.1, -0.05) is 0 Å². The van der Waals surface area contributed by atoms with Gasteiger partial charge in [0.2, 0.25) is 11.6 Å². The number of hydrogen-bond donors (Lipinski definition) is 2. The Hall–Kier alpha value is -3.13. The van der Waals surface area contributed by atoms with Gasteiger partial charge in [0.1, 0.15) is 5.82 Å². The second kappa shape index (κ2) is 6.30. The van der Waals surface area contributed by atoms with Crippen LogP contribution in [0.15, 0.2) is 36.4 Å². The van der Waals surface area contributed by atoms with Crippen molar-refractivity contribution in [2.75, 3.05) is 5.32 Å². The molecule has 0 bridgehead atoms. The number of nitrogens with zero attached hydrogens (tertiary/aromatic N) is 3. The van der Waals surface area contributed by atoms with Gasteiger partial charge in [-0.15, -0.1) is 11.3 Å². The fourth-order valence-electron chi connectivity index (χ4n) is 2.57. The summed E-state index contributed by atoms with van der Waals surface area (Å²) in [6, 6.07) is 9.08. The van der Waals surface area contributed by atoms with Crippen LogP contribution in [0.3, 0.4) is 0 Å². The molecule has 8 heteroatoms. The van der Waals surface area contributed by atoms with Crippen molar-refractivity contribution in [2.24, 2.45) is 0 Å². The van der Waals surface area contributed by atoms with Gasteiger partial charge >= 0.3 is 0 Å². The van der Waals surface area contributed by atoms with Gasteiger partial charge < -0.3 is 5.32 Å². The Balaban J connectivity index is 1.80. The lowest BCUT2D eigenvalue weighted by molar-refractivity contribution is 0.103. The lowest BCUT2D eigenvalue weighted by atomic mass is 10.1. The van der Waals surface area contributed by atoms with E-state index in [1.165, 1.54) is 35.6 Å². The molecule has 6 nitrogen and oxygen atoms in total. The number of benzene rings is 1. The summed E-state index contributed by atoms with van der Waals surface area (Å²) in [5.74, 6) is 0.412. The van der Waals surface area contributed by atoms with Crippen LogP contribution in [0.25, 0.3) is 10.2 Å². The number of carbonyl (C=O) groups excluding carboxylic acids is 1. The first kappa shape index (κ1) is 16.3. The number of hydrogen-bond acceptors (Lipinski definition) is 6. The molecule has 3 heterocycles. The number of aryl methyl sites for hydroxylation is 2. The van der Waals surface area contributed by atoms with Crippen molar-refractivity contribution in [2.45, 2.75) is 13.8 Å². The quantitative estimate of drug-likeness (QED) is 0.530. The van der Waals surface area contributed by atoms with E-state index < -0.39 is 5.82 Å². The lowest BCUT2D eigenvalue weighted by Gasteiger charge is -2.06. The van der Waals surface area contributed by atoms with Crippen LogP contribution in [0, 0.1) is 19.7 Å². The zero-order chi connectivity index (χ0) is 18.3. The molecule has 0 aliphatic carbocycles. The highest BCUT2D eigenvalue weighted by atomic mass is 32.1. The summed E-state index contributed by atoms with van der Waals surface area (Å²) in [5, 5.41) is 10.1. The van der Waals surface area contributed by atoms with Crippen molar-refractivity contribution >= 4 is 39.0 Å². The van der Waals surface area contributed by atoms with Gasteiger partial charge in [-0.25, -0.2) is 14.4 Å². The van der Waals surface area contributed by atoms with E-state index in [1.807, 2.05) is 26.0 Å². The Labute approximate surface area is 152 Å². The number of aromatic nitrogens is 4. The van der Waals surface area contributed by atoms with Crippen molar-refractivity contribution in [3.63, 3.8) is 0 Å². The van der Waals surface area contributed by atoms with E-state index in [-0.39, 0.29) is 11.6 Å². The lowest BCUT2D eigenvalue weighted by Crippen LogP contribution is -2.09. The van der Waals surface area contributed by atoms with Crippen LogP contribution in [0.4, 0.5) is 16.0 Å². The number of fused-ring (bicyclic) bond motifs is 1. The highest BCUT2D eigenvalue weighted by molar-refractivity contribution is 7.19. The topological polar surface area (TPSA) is 83.6 Å². The number of rotatable bonds is 4. The normalized spacial score (nSPS) is 11.0. The maximum atomic E-state index is 13.1. The average Bonchev–Trinajstić information content (AvgIpc) is 3.19. The molecule has 130 valence electrons. The van der Waals surface area contributed by atoms with Crippen LogP contribution >= 0.6 is 11.3 Å². The number of halogens is 1. The highest BCUT2D eigenvalue weighted by Crippen LogP contribution is 2.31. The SMILES string of the molecule is Cc1cc(Nc2nc(C(=O)c3ccc(F)cc3)nc3cc(C)sc23)n[nH]1. The maximum absolute atomic E-state index is 13.1. The zero-order valence-electron chi connectivity index (χ0n) is 14.0. The standard InChI is InChI=1S/C18H14FN5OS/c1-9-7-14(24-23-9)21-18-16-13(8-10(2)26-16)20-17(22-18)15(25)11-3-5-12(19)6-4-11/h3-8H,1-2H3,(H2,20,21,22,23,24). The number of anilines is 2. The van der Waals surface area contributed by atoms with Crippen LogP contribution in [-0.2, 0) is 0 Å². The van der Waals surface area contributed by atoms with Gasteiger partial charge in [0.05, 0.1) is 10.2 Å². The predicted molar refractivity (Wildman–Crippen MR) is 98.6 cm³/mol. The highest BCUT2D eigenvalue weighted by Gasteiger charge is 2.18. The second-order valence-electron chi connectivity index (χ2n) is 5.86. The minimum Gasteiger partial charge on any atom is -0.322 e. The number of thiophene rings is 1. The van der Waals surface area contributed by atoms with Crippen molar-refractivity contribution in [1.82, 2.24) is 20.2 Å². The van der Waals surface area contributed by atoms with Gasteiger partial charge in [-0.05, 0) is 44.2 Å². The summed E-state index contributed by atoms with van der Waals surface area (Å²) in [4.78, 5) is 22.6. The van der Waals surface area contributed by atoms with E-state index in [9.17, 15) is 9.18 Å². The number of carbonyl (C=O) groups is 1. The molecule has 0 radical (unpaired) electrons. The van der Waals surface area contributed by atoms with Gasteiger partial charge in [-0.3, -0.25) is 9.89 Å². The molecular formula is C18H14FN5OS. The number of H-pyrrole nitrogens is 1. The summed E-state index contributed by atoms with van der Waals surface area (Å²) in [7, 11) is 0. The number of aromatic amines is 1. The molecule has 4 aromatic rings. The minimum absolute atomic E-state index is 0.0525. The summed E-state index contributed by atoms with van der Waals surface area (Å²) in [6.45, 7) is 3.86. The zero-order valence-corrected chi connectivity index (χ0v) is 14.8. The first-order valence-electron chi connectivity index (χ1n) is 7.87. The molecule has 0 fully saturated rings. The van der Waals surface area contributed by atoms with Gasteiger partial charge in [0.15, 0.2) is 11.6 Å². The van der Waals surface area contributed by atoms with Crippen molar-refractivity contribution in [3.05, 3.63) is 64.2 Å². The summed E-state index contributed by atoms with van der Waals surface area (Å²) >= 11 is 1.54. The van der Waals surface area contributed by atoms with Crippen LogP contribution < -0.4 is 5.32 Å². The molecule has 0 spiro atoms. The van der Waals surface area contributed by atoms with Gasteiger partial charge in [0, 0.05) is 22.2 Å². The molecule has 0 aliphatic rings. The average molecular weight is 367 g/mol. The predicted octanol–water partition coefficient (Wildman–Crippen LogP) is 4.14. The molecule has 26 heavy (non-hydrogen) atoms. The molecule has 0 atom stereocenters. The first-order valence-corrected chi connectivity index (χ1v) is 8.69. The summed E-state index contributed by atoms with van der Waals surface area (Å²) in [5.41, 5.74) is 1.92. The monoisotopic (exact) mass is 367 g/mol. The third-order valence-electron chi connectivity index (χ3n) is 3.76. The molecule has 0 aliphatic heterocycles. The molecule has 0 saturated heterocycles. The van der Waals surface area contributed by atoms with Crippen molar-refractivity contribution in [3.8, 4) is 0 Å². The Bertz CT molecular complexity index is 1120. The largest absolute Gasteiger partial charge is 0.322 e. The van der Waals surface area contributed by atoms with E-state index >= 15 is 0 Å². The van der Waals surface area contributed by atoms with E-state index in [0.29, 0.717) is 22.7 Å². The van der Waals surface area contributed by atoms with Gasteiger partial charge in [0.25, 0.3) is 0 Å². The fraction of sp³-hybridized carbons (Fsp3) is 0.111. The summed E-state index contributed by atoms with van der Waals surface area (Å²) in [6.07, 6.45) is 0. The first-order chi connectivity index (χ1) is 12.5. The van der Waals surface area contributed by atoms with Crippen molar-refractivity contribution < 1.29 is 9.18 Å². The Kier molecular flexibility index (Phi) is 3.96. The molecule has 0 unspecified atom stereocenters. The molecule has 1 aromatic carbocycles. The Morgan fingerprint density at radius 2 is 1.92 bits per heavy atom. The van der Waals surface area contributed by atoms with Crippen LogP contribution in [0.5, 0.6) is 0 Å². The van der Waals surface area contributed by atoms with E-state index in [4.69, 9.17) is 0 Å². The van der Waals surface area contributed by atoms with E-state index in [2.05, 4.69) is 25.5 Å². The van der Waals surface area contributed by atoms with Crippen molar-refractivity contribution in [1.29, 1.82) is 0 Å². The molecule has 4 rings (SSSR count). The van der Waals surface area contributed by atoms with Crippen LogP contribution in [0.1, 0.15) is 26.8 Å². The van der Waals surface area contributed by atoms with E-state index in [1.54, 1.807) is 0 Å².